The van der Waals surface area contributed by atoms with E-state index in [1.807, 2.05) is 87.5 Å². The molecule has 5 N–H and O–H groups in total. The van der Waals surface area contributed by atoms with Crippen LogP contribution in [-0.4, -0.2) is 138 Å². The predicted molar refractivity (Wildman–Crippen MR) is 347 cm³/mol. The van der Waals surface area contributed by atoms with Crippen LogP contribution in [0.4, 0.5) is 23.7 Å². The minimum Gasteiger partial charge on any atom is -0.453 e. The molecule has 0 spiro atoms. The van der Waals surface area contributed by atoms with E-state index in [1.54, 1.807) is 93.6 Å². The molecule has 18 nitrogen and oxygen atoms in total. The van der Waals surface area contributed by atoms with Gasteiger partial charge in [0.15, 0.2) is 24.8 Å². The van der Waals surface area contributed by atoms with Crippen molar-refractivity contribution in [1.82, 2.24) is 4.90 Å². The molecule has 1 amide bonds. The second kappa shape index (κ2) is 40.9. The van der Waals surface area contributed by atoms with Gasteiger partial charge in [0.2, 0.25) is 6.29 Å². The van der Waals surface area contributed by atoms with Gasteiger partial charge in [0, 0.05) is 18.4 Å². The lowest BCUT2D eigenvalue weighted by Crippen LogP contribution is -2.57. The standard InChI is InChI=1S/C31H35NO6.C23H24F3NO4.C11H23NO5.5CH4/c1-22-23(2)28(38-29(33)27-17-11-6-12-18-27)30(37-24(22)3)36-21-32(19-25-13-7-4-8-14-25)31(34)35-20-26-15-9-5-10-16-26;1-14-15(2)19(30-20(28)17-10-6-4-7-11-17)21(29-16(14)3)31-22(23(24,25)26)27-18-12-8-5-9-13-18;1-7-8(13)9(14)10(15)11(17-7)16-6-4-2-3-5-12;;;;;/h4-18,22-24,28,30H,19-21H2,1-3H3;4-16,19,21H,1-3H3;7-11,13-15H,2-6,12H2,1H3;5*1H4/t22-,23?,24?,28+,30-;14-,15?,16?,19+,21+;7?,8-,9?,10-,11+;;;;;/m110...../s1. The van der Waals surface area contributed by atoms with Crippen molar-refractivity contribution < 1.29 is 85.5 Å². The molecule has 0 aliphatic carbocycles. The largest absolute Gasteiger partial charge is 0.468 e. The molecule has 15 atom stereocenters. The van der Waals surface area contributed by atoms with Crippen molar-refractivity contribution in [3.63, 3.8) is 0 Å². The number of benzene rings is 5. The van der Waals surface area contributed by atoms with Crippen LogP contribution in [0.1, 0.15) is 137 Å². The molecule has 91 heavy (non-hydrogen) atoms. The maximum Gasteiger partial charge on any atom is 0.468 e. The fourth-order valence-corrected chi connectivity index (χ4v) is 9.46. The molecule has 3 fully saturated rings. The Labute approximate surface area is 538 Å². The normalized spacial score (nSPS) is 25.9. The SMILES string of the molecule is C.C.C.C.C.CC1O[C@@H](OC(=Nc2ccccc2)C(F)(F)F)[C@@H](OC(=O)c2ccccc2)C(C)[C@H]1C.CC1O[C@@H](OCCCCCN)[C@@H](O)C(O)[C@H]1O.CC1O[C@@H](OCN(Cc2ccccc2)C(=O)OCc2ccccc2)[C@@H](OC(=O)c2ccccc2)C(C)[C@H]1C. The minimum absolute atomic E-state index is 0. The van der Waals surface area contributed by atoms with Gasteiger partial charge >= 0.3 is 24.2 Å². The predicted octanol–water partition coefficient (Wildman–Crippen LogP) is 13.7. The van der Waals surface area contributed by atoms with Crippen LogP contribution in [0.15, 0.2) is 157 Å². The van der Waals surface area contributed by atoms with Crippen molar-refractivity contribution in [2.24, 2.45) is 34.4 Å². The highest BCUT2D eigenvalue weighted by molar-refractivity contribution is 5.90. The Morgan fingerprint density at radius 2 is 0.956 bits per heavy atom. The van der Waals surface area contributed by atoms with Gasteiger partial charge < -0.3 is 63.7 Å². The number of hydrogen-bond donors (Lipinski definition) is 4. The van der Waals surface area contributed by atoms with Crippen LogP contribution in [0.2, 0.25) is 0 Å². The maximum absolute atomic E-state index is 13.7. The highest BCUT2D eigenvalue weighted by atomic mass is 19.4. The molecular weight excluding hydrogens is 1180 g/mol. The molecule has 0 radical (unpaired) electrons. The molecule has 3 aliphatic heterocycles. The average molecular weight is 1280 g/mol. The molecule has 3 saturated heterocycles. The molecule has 0 saturated carbocycles. The number of para-hydroxylation sites is 1. The molecule has 5 aromatic carbocycles. The lowest BCUT2D eigenvalue weighted by molar-refractivity contribution is -0.293. The number of esters is 2. The highest BCUT2D eigenvalue weighted by Gasteiger charge is 2.49. The number of carbonyl (C=O) groups is 3. The average Bonchev–Trinajstić information content (AvgIpc) is 0.893. The van der Waals surface area contributed by atoms with Crippen molar-refractivity contribution in [3.8, 4) is 0 Å². The smallest absolute Gasteiger partial charge is 0.453 e. The maximum atomic E-state index is 13.7. The van der Waals surface area contributed by atoms with Crippen molar-refractivity contribution in [3.05, 3.63) is 174 Å². The van der Waals surface area contributed by atoms with Crippen molar-refractivity contribution in [2.75, 3.05) is 19.9 Å². The Balaban J connectivity index is 0.000000707. The summed E-state index contributed by atoms with van der Waals surface area (Å²) in [6, 6.07) is 43.9. The van der Waals surface area contributed by atoms with Gasteiger partial charge in [-0.25, -0.2) is 19.4 Å². The topological polar surface area (TPSA) is 237 Å². The van der Waals surface area contributed by atoms with E-state index >= 15 is 0 Å². The van der Waals surface area contributed by atoms with Crippen LogP contribution >= 0.6 is 0 Å². The first-order valence-corrected chi connectivity index (χ1v) is 29.0. The van der Waals surface area contributed by atoms with Crippen LogP contribution in [0.5, 0.6) is 0 Å². The summed E-state index contributed by atoms with van der Waals surface area (Å²) in [6.45, 7) is 14.6. The van der Waals surface area contributed by atoms with Gasteiger partial charge in [0.1, 0.15) is 31.6 Å². The van der Waals surface area contributed by atoms with Crippen molar-refractivity contribution >= 4 is 29.6 Å². The Morgan fingerprint density at radius 3 is 1.44 bits per heavy atom. The number of rotatable bonds is 19. The number of unbranched alkanes of at least 4 members (excludes halogenated alkanes) is 2. The van der Waals surface area contributed by atoms with Crippen molar-refractivity contribution in [2.45, 2.75) is 192 Å². The van der Waals surface area contributed by atoms with Gasteiger partial charge in [-0.05, 0) is 106 Å². The van der Waals surface area contributed by atoms with E-state index in [0.717, 1.165) is 30.4 Å². The molecule has 3 aliphatic rings. The zero-order valence-corrected chi connectivity index (χ0v) is 49.6. The third-order valence-electron chi connectivity index (χ3n) is 15.4. The summed E-state index contributed by atoms with van der Waals surface area (Å²) in [6.07, 6.45) is -12.1. The molecule has 5 aromatic rings. The molecule has 0 aromatic heterocycles. The monoisotopic (exact) mass is 1280 g/mol. The number of aliphatic hydroxyl groups is 3. The fraction of sp³-hybridized carbons (Fsp3) is 0.514. The van der Waals surface area contributed by atoms with E-state index in [9.17, 15) is 42.9 Å². The van der Waals surface area contributed by atoms with Gasteiger partial charge in [0.25, 0.3) is 5.90 Å². The molecule has 6 unspecified atom stereocenters. The Hall–Kier alpha value is -6.79. The number of nitrogens with two attached hydrogens (primary N) is 1. The number of amides is 1. The first kappa shape index (κ1) is 82.2. The van der Waals surface area contributed by atoms with Gasteiger partial charge in [-0.1, -0.05) is 180 Å². The highest BCUT2D eigenvalue weighted by Crippen LogP contribution is 2.37. The number of hydrogen-bond acceptors (Lipinski definition) is 17. The Bertz CT molecular complexity index is 2810. The number of aliphatic imine (C=N–C) groups is 1. The summed E-state index contributed by atoms with van der Waals surface area (Å²) >= 11 is 0. The van der Waals surface area contributed by atoms with Crippen LogP contribution in [0.3, 0.4) is 0 Å². The van der Waals surface area contributed by atoms with Gasteiger partial charge in [-0.3, -0.25) is 4.90 Å². The van der Waals surface area contributed by atoms with Crippen LogP contribution in [0, 0.1) is 23.7 Å². The van der Waals surface area contributed by atoms with Crippen LogP contribution in [-0.2, 0) is 55.8 Å². The molecule has 0 bridgehead atoms. The zero-order chi connectivity index (χ0) is 62.3. The van der Waals surface area contributed by atoms with Gasteiger partial charge in [0.05, 0.1) is 41.7 Å². The molecule has 3 heterocycles. The zero-order valence-electron chi connectivity index (χ0n) is 49.6. The Morgan fingerprint density at radius 1 is 0.516 bits per heavy atom. The summed E-state index contributed by atoms with van der Waals surface area (Å²) < 4.78 is 91.9. The van der Waals surface area contributed by atoms with Crippen LogP contribution < -0.4 is 5.73 Å². The van der Waals surface area contributed by atoms with E-state index in [0.29, 0.717) is 18.7 Å². The third-order valence-corrected chi connectivity index (χ3v) is 15.4. The number of carbonyl (C=O) groups excluding carboxylic acids is 3. The Kier molecular flexibility index (Phi) is 37.0. The number of halogens is 3. The van der Waals surface area contributed by atoms with E-state index in [1.165, 1.54) is 17.0 Å². The first-order valence-electron chi connectivity index (χ1n) is 29.0. The van der Waals surface area contributed by atoms with Gasteiger partial charge in [-0.2, -0.15) is 13.2 Å². The summed E-state index contributed by atoms with van der Waals surface area (Å²) in [4.78, 5) is 43.7. The summed E-state index contributed by atoms with van der Waals surface area (Å²) in [5.41, 5.74) is 8.01. The van der Waals surface area contributed by atoms with E-state index in [-0.39, 0.29) is 98.0 Å². The fourth-order valence-electron chi connectivity index (χ4n) is 9.46. The second-order valence-electron chi connectivity index (χ2n) is 21.6. The summed E-state index contributed by atoms with van der Waals surface area (Å²) in [7, 11) is 0. The first-order chi connectivity index (χ1) is 41.2. The molecular formula is C70H102F3N3O15. The third kappa shape index (κ3) is 25.0. The number of aliphatic hydroxyl groups excluding tert-OH is 3. The summed E-state index contributed by atoms with van der Waals surface area (Å²) in [5, 5.41) is 28.7. The molecule has 508 valence electrons. The minimum atomic E-state index is -4.86. The number of alkyl halides is 3. The van der Waals surface area contributed by atoms with E-state index in [2.05, 4.69) is 11.9 Å². The number of ether oxygens (including phenoxy) is 9. The van der Waals surface area contributed by atoms with Crippen molar-refractivity contribution in [1.29, 1.82) is 0 Å². The summed E-state index contributed by atoms with van der Waals surface area (Å²) in [5.74, 6) is -2.83. The second-order valence-corrected chi connectivity index (χ2v) is 21.6. The van der Waals surface area contributed by atoms with Crippen LogP contribution in [0.25, 0.3) is 0 Å². The van der Waals surface area contributed by atoms with E-state index < -0.39 is 91.7 Å². The molecule has 8 rings (SSSR count). The van der Waals surface area contributed by atoms with Gasteiger partial charge in [-0.15, -0.1) is 0 Å². The van der Waals surface area contributed by atoms with E-state index in [4.69, 9.17) is 48.4 Å². The lowest BCUT2D eigenvalue weighted by Gasteiger charge is -2.43. The molecule has 21 heteroatoms. The lowest BCUT2D eigenvalue weighted by atomic mass is 9.84. The number of nitrogens with zero attached hydrogens (tertiary/aromatic N) is 2. The quantitative estimate of drug-likeness (QED) is 0.0150.